The Bertz CT molecular complexity index is 931. The second-order valence-electron chi connectivity index (χ2n) is 6.77. The van der Waals surface area contributed by atoms with Crippen LogP contribution in [0.4, 0.5) is 5.69 Å². The van der Waals surface area contributed by atoms with Crippen LogP contribution in [0, 0.1) is 5.92 Å². The van der Waals surface area contributed by atoms with Crippen molar-refractivity contribution < 1.29 is 17.9 Å². The molecule has 1 aliphatic rings. The zero-order valence-electron chi connectivity index (χ0n) is 15.6. The molecular weight excluding hydrogens is 400 g/mol. The molecule has 1 heterocycles. The molecular formula is C20H23ClN2O4S. The fraction of sp³-hybridized carbons (Fsp3) is 0.350. The first-order chi connectivity index (χ1) is 13.4. The molecule has 1 amide bonds. The van der Waals surface area contributed by atoms with Crippen LogP contribution >= 0.6 is 11.6 Å². The highest BCUT2D eigenvalue weighted by Crippen LogP contribution is 2.27. The summed E-state index contributed by atoms with van der Waals surface area (Å²) in [6, 6.07) is 13.9. The van der Waals surface area contributed by atoms with Crippen LogP contribution in [0.3, 0.4) is 0 Å². The molecule has 0 saturated carbocycles. The zero-order valence-corrected chi connectivity index (χ0v) is 17.2. The Hall–Kier alpha value is -2.09. The molecule has 1 N–H and O–H groups in total. The van der Waals surface area contributed by atoms with E-state index in [0.717, 1.165) is 0 Å². The molecule has 1 aliphatic heterocycles. The number of methoxy groups -OCH3 is 1. The second kappa shape index (κ2) is 8.94. The largest absolute Gasteiger partial charge is 0.495 e. The molecule has 2 aromatic carbocycles. The summed E-state index contributed by atoms with van der Waals surface area (Å²) in [6.07, 6.45) is 1.29. The van der Waals surface area contributed by atoms with Crippen LogP contribution < -0.4 is 10.1 Å². The molecule has 1 atom stereocenters. The van der Waals surface area contributed by atoms with Crippen LogP contribution in [0.5, 0.6) is 5.75 Å². The van der Waals surface area contributed by atoms with Gasteiger partial charge < -0.3 is 10.1 Å². The molecule has 0 aromatic heterocycles. The highest BCUT2D eigenvalue weighted by Gasteiger charge is 2.32. The smallest absolute Gasteiger partial charge is 0.228 e. The van der Waals surface area contributed by atoms with Gasteiger partial charge >= 0.3 is 0 Å². The molecule has 28 heavy (non-hydrogen) atoms. The maximum Gasteiger partial charge on any atom is 0.228 e. The van der Waals surface area contributed by atoms with Crippen LogP contribution in [0.15, 0.2) is 48.5 Å². The topological polar surface area (TPSA) is 75.7 Å². The van der Waals surface area contributed by atoms with Gasteiger partial charge in [0.15, 0.2) is 0 Å². The molecule has 8 heteroatoms. The quantitative estimate of drug-likeness (QED) is 0.772. The van der Waals surface area contributed by atoms with Gasteiger partial charge in [-0.25, -0.2) is 12.7 Å². The lowest BCUT2D eigenvalue weighted by atomic mass is 9.98. The molecule has 0 bridgehead atoms. The summed E-state index contributed by atoms with van der Waals surface area (Å²) in [5, 5.41) is 3.42. The van der Waals surface area contributed by atoms with Crippen molar-refractivity contribution in [1.29, 1.82) is 0 Å². The third-order valence-electron chi connectivity index (χ3n) is 4.78. The summed E-state index contributed by atoms with van der Waals surface area (Å²) < 4.78 is 32.3. The average molecular weight is 423 g/mol. The predicted molar refractivity (Wildman–Crippen MR) is 110 cm³/mol. The summed E-state index contributed by atoms with van der Waals surface area (Å²) in [5.41, 5.74) is 1.25. The average Bonchev–Trinajstić information content (AvgIpc) is 2.70. The SMILES string of the molecule is COc1ccccc1NC(=O)C1CCCN(S(=O)(=O)Cc2ccc(Cl)cc2)C1. The second-order valence-corrected chi connectivity index (χ2v) is 9.17. The number of piperidine rings is 1. The van der Waals surface area contributed by atoms with Crippen LogP contribution in [0.2, 0.25) is 5.02 Å². The van der Waals surface area contributed by atoms with Gasteiger partial charge in [0, 0.05) is 18.1 Å². The van der Waals surface area contributed by atoms with Gasteiger partial charge in [-0.15, -0.1) is 0 Å². The summed E-state index contributed by atoms with van der Waals surface area (Å²) >= 11 is 5.86. The van der Waals surface area contributed by atoms with E-state index in [0.29, 0.717) is 41.4 Å². The number of hydrogen-bond acceptors (Lipinski definition) is 4. The van der Waals surface area contributed by atoms with Crippen molar-refractivity contribution in [3.8, 4) is 5.75 Å². The highest BCUT2D eigenvalue weighted by atomic mass is 35.5. The van der Waals surface area contributed by atoms with Gasteiger partial charge in [0.2, 0.25) is 15.9 Å². The maximum atomic E-state index is 12.8. The number of ether oxygens (including phenoxy) is 1. The molecule has 2 aromatic rings. The third kappa shape index (κ3) is 5.04. The molecule has 0 aliphatic carbocycles. The van der Waals surface area contributed by atoms with E-state index in [1.54, 1.807) is 36.4 Å². The Labute approximate surface area is 170 Å². The fourth-order valence-corrected chi connectivity index (χ4v) is 5.01. The van der Waals surface area contributed by atoms with E-state index in [4.69, 9.17) is 16.3 Å². The van der Waals surface area contributed by atoms with Crippen molar-refractivity contribution in [3.05, 3.63) is 59.1 Å². The molecule has 3 rings (SSSR count). The minimum atomic E-state index is -3.52. The number of amides is 1. The van der Waals surface area contributed by atoms with Gasteiger partial charge in [-0.2, -0.15) is 0 Å². The van der Waals surface area contributed by atoms with Gasteiger partial charge in [0.05, 0.1) is 24.5 Å². The molecule has 0 spiro atoms. The van der Waals surface area contributed by atoms with Crippen molar-refractivity contribution >= 4 is 33.2 Å². The zero-order chi connectivity index (χ0) is 20.1. The molecule has 1 fully saturated rings. The van der Waals surface area contributed by atoms with Gasteiger partial charge in [-0.3, -0.25) is 4.79 Å². The number of hydrogen-bond donors (Lipinski definition) is 1. The Kier molecular flexibility index (Phi) is 6.59. The Morgan fingerprint density at radius 3 is 2.64 bits per heavy atom. The number of rotatable bonds is 6. The normalized spacial score (nSPS) is 17.9. The standard InChI is InChI=1S/C20H23ClN2O4S/c1-27-19-7-3-2-6-18(19)22-20(24)16-5-4-12-23(13-16)28(25,26)14-15-8-10-17(21)11-9-15/h2-3,6-11,16H,4-5,12-14H2,1H3,(H,22,24). The van der Waals surface area contributed by atoms with Gasteiger partial charge in [-0.1, -0.05) is 35.9 Å². The summed E-state index contributed by atoms with van der Waals surface area (Å²) in [4.78, 5) is 12.7. The first-order valence-electron chi connectivity index (χ1n) is 9.05. The number of sulfonamides is 1. The van der Waals surface area contributed by atoms with Crippen LogP contribution in [-0.4, -0.2) is 38.8 Å². The van der Waals surface area contributed by atoms with Crippen molar-refractivity contribution in [2.45, 2.75) is 18.6 Å². The molecule has 0 radical (unpaired) electrons. The van der Waals surface area contributed by atoms with Crippen molar-refractivity contribution in [2.24, 2.45) is 5.92 Å². The maximum absolute atomic E-state index is 12.8. The number of halogens is 1. The van der Waals surface area contributed by atoms with Crippen molar-refractivity contribution in [1.82, 2.24) is 4.31 Å². The van der Waals surface area contributed by atoms with E-state index in [-0.39, 0.29) is 18.2 Å². The minimum Gasteiger partial charge on any atom is -0.495 e. The number of benzene rings is 2. The Morgan fingerprint density at radius 1 is 1.21 bits per heavy atom. The van der Waals surface area contributed by atoms with Gasteiger partial charge in [0.1, 0.15) is 5.75 Å². The molecule has 1 saturated heterocycles. The van der Waals surface area contributed by atoms with E-state index < -0.39 is 15.9 Å². The van der Waals surface area contributed by atoms with Crippen LogP contribution in [0.1, 0.15) is 18.4 Å². The summed E-state index contributed by atoms with van der Waals surface area (Å²) in [7, 11) is -1.98. The lowest BCUT2D eigenvalue weighted by Gasteiger charge is -2.31. The van der Waals surface area contributed by atoms with E-state index in [1.807, 2.05) is 12.1 Å². The number of nitrogens with zero attached hydrogens (tertiary/aromatic N) is 1. The lowest BCUT2D eigenvalue weighted by molar-refractivity contribution is -0.120. The number of anilines is 1. The lowest BCUT2D eigenvalue weighted by Crippen LogP contribution is -2.44. The van der Waals surface area contributed by atoms with Crippen molar-refractivity contribution in [3.63, 3.8) is 0 Å². The van der Waals surface area contributed by atoms with Crippen LogP contribution in [0.25, 0.3) is 0 Å². The van der Waals surface area contributed by atoms with Gasteiger partial charge in [-0.05, 0) is 42.7 Å². The number of carbonyl (C=O) groups excluding carboxylic acids is 1. The number of para-hydroxylation sites is 2. The molecule has 150 valence electrons. The van der Waals surface area contributed by atoms with E-state index in [1.165, 1.54) is 11.4 Å². The van der Waals surface area contributed by atoms with E-state index in [2.05, 4.69) is 5.32 Å². The Morgan fingerprint density at radius 2 is 1.93 bits per heavy atom. The fourth-order valence-electron chi connectivity index (χ4n) is 3.27. The van der Waals surface area contributed by atoms with Crippen molar-refractivity contribution in [2.75, 3.05) is 25.5 Å². The minimum absolute atomic E-state index is 0.106. The third-order valence-corrected chi connectivity index (χ3v) is 6.84. The first-order valence-corrected chi connectivity index (χ1v) is 11.0. The first kappa shape index (κ1) is 20.6. The summed E-state index contributed by atoms with van der Waals surface area (Å²) in [5.74, 6) is -0.140. The number of carbonyl (C=O) groups is 1. The predicted octanol–water partition coefficient (Wildman–Crippen LogP) is 3.53. The Balaban J connectivity index is 1.67. The number of nitrogens with one attached hydrogen (secondary N) is 1. The monoisotopic (exact) mass is 422 g/mol. The van der Waals surface area contributed by atoms with E-state index in [9.17, 15) is 13.2 Å². The molecule has 6 nitrogen and oxygen atoms in total. The highest BCUT2D eigenvalue weighted by molar-refractivity contribution is 7.88. The molecule has 1 unspecified atom stereocenters. The summed E-state index contributed by atoms with van der Waals surface area (Å²) in [6.45, 7) is 0.602. The van der Waals surface area contributed by atoms with Gasteiger partial charge in [0.25, 0.3) is 0 Å². The van der Waals surface area contributed by atoms with Crippen LogP contribution in [-0.2, 0) is 20.6 Å². The van der Waals surface area contributed by atoms with E-state index >= 15 is 0 Å².